The van der Waals surface area contributed by atoms with Crippen LogP contribution in [0.1, 0.15) is 41.9 Å². The van der Waals surface area contributed by atoms with Crippen LogP contribution in [0.4, 0.5) is 0 Å². The Bertz CT molecular complexity index is 1030. The van der Waals surface area contributed by atoms with Gasteiger partial charge in [-0.2, -0.15) is 0 Å². The summed E-state index contributed by atoms with van der Waals surface area (Å²) in [5.74, 6) is 1.37. The molecule has 2 amide bonds. The molecule has 2 aromatic rings. The van der Waals surface area contributed by atoms with E-state index in [0.29, 0.717) is 56.1 Å². The summed E-state index contributed by atoms with van der Waals surface area (Å²) in [6.07, 6.45) is 1.58. The SMILES string of the molecule is COc1cccc(CC(=O)N2CC[C@H](c3nc4c(c(=O)[nH]3)CCN(C(C)=O)C4)C2)c1. The summed E-state index contributed by atoms with van der Waals surface area (Å²) in [5.41, 5.74) is 2.13. The molecule has 158 valence electrons. The number of aromatic amines is 1. The van der Waals surface area contributed by atoms with E-state index in [9.17, 15) is 14.4 Å². The Morgan fingerprint density at radius 3 is 2.87 bits per heavy atom. The molecule has 1 aromatic carbocycles. The lowest BCUT2D eigenvalue weighted by Gasteiger charge is -2.27. The zero-order chi connectivity index (χ0) is 21.3. The van der Waals surface area contributed by atoms with E-state index in [2.05, 4.69) is 9.97 Å². The normalized spacial score (nSPS) is 18.3. The lowest BCUT2D eigenvalue weighted by molar-refractivity contribution is -0.130. The summed E-state index contributed by atoms with van der Waals surface area (Å²) < 4.78 is 5.22. The maximum absolute atomic E-state index is 12.8. The number of likely N-dealkylation sites (tertiary alicyclic amines) is 1. The van der Waals surface area contributed by atoms with Gasteiger partial charge in [-0.1, -0.05) is 12.1 Å². The van der Waals surface area contributed by atoms with Gasteiger partial charge < -0.3 is 19.5 Å². The summed E-state index contributed by atoms with van der Waals surface area (Å²) in [6, 6.07) is 7.51. The van der Waals surface area contributed by atoms with Gasteiger partial charge in [0.15, 0.2) is 0 Å². The summed E-state index contributed by atoms with van der Waals surface area (Å²) in [4.78, 5) is 48.1. The Labute approximate surface area is 174 Å². The first-order valence-electron chi connectivity index (χ1n) is 10.2. The van der Waals surface area contributed by atoms with Crippen LogP contribution >= 0.6 is 0 Å². The van der Waals surface area contributed by atoms with E-state index < -0.39 is 0 Å². The van der Waals surface area contributed by atoms with Crippen molar-refractivity contribution in [1.82, 2.24) is 19.8 Å². The van der Waals surface area contributed by atoms with Gasteiger partial charge in [-0.05, 0) is 30.5 Å². The van der Waals surface area contributed by atoms with E-state index in [1.165, 1.54) is 6.92 Å². The van der Waals surface area contributed by atoms with Crippen LogP contribution in [0.25, 0.3) is 0 Å². The summed E-state index contributed by atoms with van der Waals surface area (Å²) in [7, 11) is 1.61. The van der Waals surface area contributed by atoms with Gasteiger partial charge in [0, 0.05) is 38.0 Å². The molecule has 3 heterocycles. The Hall–Kier alpha value is -3.16. The van der Waals surface area contributed by atoms with Gasteiger partial charge in [0.25, 0.3) is 5.56 Å². The molecule has 2 aliphatic rings. The minimum Gasteiger partial charge on any atom is -0.497 e. The number of aromatic nitrogens is 2. The van der Waals surface area contributed by atoms with Crippen LogP contribution in [-0.2, 0) is 29.0 Å². The molecule has 8 nitrogen and oxygen atoms in total. The number of methoxy groups -OCH3 is 1. The molecule has 8 heteroatoms. The third kappa shape index (κ3) is 4.08. The molecule has 1 N–H and O–H groups in total. The maximum atomic E-state index is 12.8. The molecule has 1 atom stereocenters. The van der Waals surface area contributed by atoms with Crippen LogP contribution in [0.3, 0.4) is 0 Å². The van der Waals surface area contributed by atoms with Crippen molar-refractivity contribution in [3.63, 3.8) is 0 Å². The number of benzene rings is 1. The van der Waals surface area contributed by atoms with Crippen molar-refractivity contribution in [3.05, 3.63) is 57.3 Å². The molecule has 0 aliphatic carbocycles. The average molecular weight is 410 g/mol. The highest BCUT2D eigenvalue weighted by atomic mass is 16.5. The van der Waals surface area contributed by atoms with Crippen LogP contribution in [0.2, 0.25) is 0 Å². The van der Waals surface area contributed by atoms with Gasteiger partial charge in [-0.3, -0.25) is 14.4 Å². The molecular formula is C22H26N4O4. The lowest BCUT2D eigenvalue weighted by Crippen LogP contribution is -2.38. The maximum Gasteiger partial charge on any atom is 0.254 e. The fourth-order valence-electron chi connectivity index (χ4n) is 4.20. The molecule has 30 heavy (non-hydrogen) atoms. The van der Waals surface area contributed by atoms with Crippen molar-refractivity contribution in [1.29, 1.82) is 0 Å². The number of fused-ring (bicyclic) bond motifs is 1. The van der Waals surface area contributed by atoms with Crippen LogP contribution in [0, 0.1) is 0 Å². The first kappa shape index (κ1) is 20.1. The molecule has 4 rings (SSSR count). The second kappa shape index (κ2) is 8.30. The second-order valence-electron chi connectivity index (χ2n) is 7.92. The van der Waals surface area contributed by atoms with Crippen LogP contribution in [0.5, 0.6) is 5.75 Å². The van der Waals surface area contributed by atoms with Gasteiger partial charge in [0.05, 0.1) is 25.8 Å². The fourth-order valence-corrected chi connectivity index (χ4v) is 4.20. The van der Waals surface area contributed by atoms with Crippen LogP contribution in [0.15, 0.2) is 29.1 Å². The number of hydrogen-bond acceptors (Lipinski definition) is 5. The number of amides is 2. The quantitative estimate of drug-likeness (QED) is 0.818. The zero-order valence-electron chi connectivity index (χ0n) is 17.3. The van der Waals surface area contributed by atoms with Crippen molar-refractivity contribution in [2.75, 3.05) is 26.7 Å². The lowest BCUT2D eigenvalue weighted by atomic mass is 10.0. The third-order valence-electron chi connectivity index (χ3n) is 5.95. The number of carbonyl (C=O) groups excluding carboxylic acids is 2. The first-order chi connectivity index (χ1) is 14.4. The molecule has 0 spiro atoms. The van der Waals surface area contributed by atoms with E-state index in [1.807, 2.05) is 29.2 Å². The minimum absolute atomic E-state index is 0.00929. The van der Waals surface area contributed by atoms with E-state index in [0.717, 1.165) is 17.7 Å². The number of H-pyrrole nitrogens is 1. The second-order valence-corrected chi connectivity index (χ2v) is 7.92. The van der Waals surface area contributed by atoms with Crippen molar-refractivity contribution in [2.45, 2.75) is 38.6 Å². The predicted molar refractivity (Wildman–Crippen MR) is 110 cm³/mol. The smallest absolute Gasteiger partial charge is 0.254 e. The van der Waals surface area contributed by atoms with Gasteiger partial charge in [0.2, 0.25) is 11.8 Å². The predicted octanol–water partition coefficient (Wildman–Crippen LogP) is 1.24. The van der Waals surface area contributed by atoms with Crippen molar-refractivity contribution >= 4 is 11.8 Å². The topological polar surface area (TPSA) is 95.6 Å². The summed E-state index contributed by atoms with van der Waals surface area (Å²) in [6.45, 7) is 3.60. The molecule has 2 aliphatic heterocycles. The summed E-state index contributed by atoms with van der Waals surface area (Å²) in [5, 5.41) is 0. The van der Waals surface area contributed by atoms with Crippen molar-refractivity contribution in [3.8, 4) is 5.75 Å². The highest BCUT2D eigenvalue weighted by Crippen LogP contribution is 2.26. The van der Waals surface area contributed by atoms with E-state index in [4.69, 9.17) is 4.74 Å². The Morgan fingerprint density at radius 2 is 2.10 bits per heavy atom. The standard InChI is InChI=1S/C22H26N4O4/c1-14(27)25-9-7-18-19(13-25)23-21(24-22(18)29)16-6-8-26(12-16)20(28)11-15-4-3-5-17(10-15)30-2/h3-5,10,16H,6-9,11-13H2,1-2H3,(H,23,24,29)/t16-/m0/s1. The molecular weight excluding hydrogens is 384 g/mol. The minimum atomic E-state index is -0.126. The third-order valence-corrected chi connectivity index (χ3v) is 5.95. The average Bonchev–Trinajstić information content (AvgIpc) is 3.24. The zero-order valence-corrected chi connectivity index (χ0v) is 17.3. The molecule has 1 saturated heterocycles. The highest BCUT2D eigenvalue weighted by Gasteiger charge is 2.31. The van der Waals surface area contributed by atoms with Gasteiger partial charge >= 0.3 is 0 Å². The molecule has 0 radical (unpaired) electrons. The molecule has 0 bridgehead atoms. The number of rotatable bonds is 4. The number of carbonyl (C=O) groups is 2. The van der Waals surface area contributed by atoms with Gasteiger partial charge in [-0.15, -0.1) is 0 Å². The fraction of sp³-hybridized carbons (Fsp3) is 0.455. The number of nitrogens with zero attached hydrogens (tertiary/aromatic N) is 3. The first-order valence-corrected chi connectivity index (χ1v) is 10.2. The number of hydrogen-bond donors (Lipinski definition) is 1. The van der Waals surface area contributed by atoms with E-state index in [1.54, 1.807) is 12.0 Å². The van der Waals surface area contributed by atoms with Gasteiger partial charge in [0.1, 0.15) is 11.6 Å². The summed E-state index contributed by atoms with van der Waals surface area (Å²) >= 11 is 0. The largest absolute Gasteiger partial charge is 0.497 e. The molecule has 0 unspecified atom stereocenters. The monoisotopic (exact) mass is 410 g/mol. The molecule has 1 aromatic heterocycles. The Balaban J connectivity index is 1.46. The van der Waals surface area contributed by atoms with Crippen LogP contribution in [-0.4, -0.2) is 58.3 Å². The van der Waals surface area contributed by atoms with Crippen LogP contribution < -0.4 is 10.3 Å². The molecule has 1 fully saturated rings. The highest BCUT2D eigenvalue weighted by molar-refractivity contribution is 5.79. The Kier molecular flexibility index (Phi) is 5.57. The number of nitrogens with one attached hydrogen (secondary N) is 1. The van der Waals surface area contributed by atoms with Crippen molar-refractivity contribution < 1.29 is 14.3 Å². The van der Waals surface area contributed by atoms with E-state index in [-0.39, 0.29) is 23.3 Å². The van der Waals surface area contributed by atoms with E-state index >= 15 is 0 Å². The molecule has 0 saturated carbocycles. The van der Waals surface area contributed by atoms with Gasteiger partial charge in [-0.25, -0.2) is 4.98 Å². The number of ether oxygens (including phenoxy) is 1. The van der Waals surface area contributed by atoms with Crippen molar-refractivity contribution in [2.24, 2.45) is 0 Å². The Morgan fingerprint density at radius 1 is 1.27 bits per heavy atom.